The van der Waals surface area contributed by atoms with Gasteiger partial charge in [-0.3, -0.25) is 4.55 Å². The molecule has 1 heterocycles. The molecule has 0 aliphatic carbocycles. The molecule has 6 nitrogen and oxygen atoms in total. The van der Waals surface area contributed by atoms with Crippen LogP contribution in [0.4, 0.5) is 0 Å². The maximum atomic E-state index is 10.5. The van der Waals surface area contributed by atoms with Gasteiger partial charge in [-0.15, -0.1) is 0 Å². The maximum Gasteiger partial charge on any atom is 0.397 e. The molecule has 0 amide bonds. The van der Waals surface area contributed by atoms with Gasteiger partial charge >= 0.3 is 10.4 Å². The quantitative estimate of drug-likeness (QED) is 0.177. The zero-order valence-corrected chi connectivity index (χ0v) is 20.4. The van der Waals surface area contributed by atoms with E-state index in [1.54, 1.807) is 0 Å². The number of rotatable bonds is 19. The van der Waals surface area contributed by atoms with E-state index < -0.39 is 10.4 Å². The van der Waals surface area contributed by atoms with Gasteiger partial charge in [0, 0.05) is 0 Å². The Morgan fingerprint density at radius 1 is 0.733 bits per heavy atom. The maximum absolute atomic E-state index is 10.5. The summed E-state index contributed by atoms with van der Waals surface area (Å²) in [6.45, 7) is 6.61. The van der Waals surface area contributed by atoms with Gasteiger partial charge in [-0.1, -0.05) is 91.4 Å². The minimum Gasteiger partial charge on any atom is -0.344 e. The summed E-state index contributed by atoms with van der Waals surface area (Å²) >= 11 is 0. The van der Waals surface area contributed by atoms with E-state index in [1.165, 1.54) is 38.5 Å². The molecule has 0 radical (unpaired) electrons. The first-order valence-electron chi connectivity index (χ1n) is 12.3. The first-order valence-corrected chi connectivity index (χ1v) is 13.7. The van der Waals surface area contributed by atoms with Gasteiger partial charge < -0.3 is 9.47 Å². The van der Waals surface area contributed by atoms with Gasteiger partial charge in [0.05, 0.1) is 18.8 Å². The van der Waals surface area contributed by atoms with Crippen LogP contribution in [0.2, 0.25) is 0 Å². The van der Waals surface area contributed by atoms with Crippen molar-refractivity contribution in [2.75, 3.05) is 6.61 Å². The SMILES string of the molecule is CCCCCCCC[C@@H]1OC(CC)(CC)O[C@H]1CCCCCCCCOS(=O)(=O)O. The van der Waals surface area contributed by atoms with Crippen molar-refractivity contribution < 1.29 is 26.6 Å². The minimum atomic E-state index is -4.29. The van der Waals surface area contributed by atoms with Crippen LogP contribution in [0, 0.1) is 0 Å². The molecule has 30 heavy (non-hydrogen) atoms. The first-order chi connectivity index (χ1) is 14.4. The van der Waals surface area contributed by atoms with Crippen LogP contribution in [0.25, 0.3) is 0 Å². The molecule has 1 rings (SSSR count). The molecule has 7 heteroatoms. The molecule has 180 valence electrons. The Bertz CT molecular complexity index is 518. The van der Waals surface area contributed by atoms with Crippen LogP contribution in [0.3, 0.4) is 0 Å². The van der Waals surface area contributed by atoms with E-state index in [-0.39, 0.29) is 24.6 Å². The predicted molar refractivity (Wildman–Crippen MR) is 121 cm³/mol. The van der Waals surface area contributed by atoms with Crippen LogP contribution < -0.4 is 0 Å². The van der Waals surface area contributed by atoms with Crippen LogP contribution in [-0.2, 0) is 24.1 Å². The topological polar surface area (TPSA) is 82.1 Å². The molecule has 0 aromatic carbocycles. The Kier molecular flexibility index (Phi) is 14.4. The van der Waals surface area contributed by atoms with Gasteiger partial charge in [-0.05, 0) is 32.1 Å². The van der Waals surface area contributed by atoms with E-state index >= 15 is 0 Å². The average molecular weight is 451 g/mol. The molecule has 1 aliphatic rings. The van der Waals surface area contributed by atoms with Gasteiger partial charge in [0.15, 0.2) is 5.79 Å². The third-order valence-corrected chi connectivity index (χ3v) is 6.65. The van der Waals surface area contributed by atoms with E-state index in [0.717, 1.165) is 57.8 Å². The van der Waals surface area contributed by atoms with Crippen molar-refractivity contribution in [1.29, 1.82) is 0 Å². The van der Waals surface area contributed by atoms with Crippen molar-refractivity contribution in [2.24, 2.45) is 0 Å². The Labute approximate surface area is 185 Å². The molecule has 0 bridgehead atoms. The van der Waals surface area contributed by atoms with E-state index in [4.69, 9.17) is 14.0 Å². The van der Waals surface area contributed by atoms with Crippen molar-refractivity contribution in [3.05, 3.63) is 0 Å². The predicted octanol–water partition coefficient (Wildman–Crippen LogP) is 6.59. The summed E-state index contributed by atoms with van der Waals surface area (Å²) in [5.74, 6) is -0.384. The number of hydrogen-bond acceptors (Lipinski definition) is 5. The van der Waals surface area contributed by atoms with Crippen molar-refractivity contribution in [3.63, 3.8) is 0 Å². The lowest BCUT2D eigenvalue weighted by molar-refractivity contribution is -0.180. The summed E-state index contributed by atoms with van der Waals surface area (Å²) in [7, 11) is -4.29. The van der Waals surface area contributed by atoms with Crippen molar-refractivity contribution in [3.8, 4) is 0 Å². The lowest BCUT2D eigenvalue weighted by Gasteiger charge is -2.25. The van der Waals surface area contributed by atoms with Crippen LogP contribution in [0.1, 0.15) is 124 Å². The lowest BCUT2D eigenvalue weighted by atomic mass is 9.99. The van der Waals surface area contributed by atoms with Gasteiger partial charge in [-0.2, -0.15) is 8.42 Å². The summed E-state index contributed by atoms with van der Waals surface area (Å²) in [6.07, 6.45) is 18.2. The van der Waals surface area contributed by atoms with E-state index in [0.29, 0.717) is 6.42 Å². The van der Waals surface area contributed by atoms with E-state index in [2.05, 4.69) is 25.0 Å². The second kappa shape index (κ2) is 15.6. The second-order valence-corrected chi connectivity index (χ2v) is 9.74. The Morgan fingerprint density at radius 2 is 1.17 bits per heavy atom. The molecular weight excluding hydrogens is 404 g/mol. The molecule has 2 atom stereocenters. The van der Waals surface area contributed by atoms with E-state index in [9.17, 15) is 8.42 Å². The summed E-state index contributed by atoms with van der Waals surface area (Å²) < 4.78 is 46.7. The van der Waals surface area contributed by atoms with Crippen LogP contribution in [0.5, 0.6) is 0 Å². The van der Waals surface area contributed by atoms with Gasteiger partial charge in [-0.25, -0.2) is 4.18 Å². The highest BCUT2D eigenvalue weighted by Crippen LogP contribution is 2.38. The second-order valence-electron chi connectivity index (χ2n) is 8.65. The lowest BCUT2D eigenvalue weighted by Crippen LogP contribution is -2.29. The molecule has 1 N–H and O–H groups in total. The Balaban J connectivity index is 2.23. The fourth-order valence-corrected chi connectivity index (χ4v) is 4.58. The monoisotopic (exact) mass is 450 g/mol. The van der Waals surface area contributed by atoms with Crippen LogP contribution >= 0.6 is 0 Å². The minimum absolute atomic E-state index is 0.0579. The molecule has 0 spiro atoms. The normalized spacial score (nSPS) is 21.3. The Hall–Kier alpha value is -0.210. The third kappa shape index (κ3) is 12.0. The van der Waals surface area contributed by atoms with Crippen molar-refractivity contribution in [2.45, 2.75) is 141 Å². The molecule has 0 unspecified atom stereocenters. The fraction of sp³-hybridized carbons (Fsp3) is 1.00. The molecule has 1 saturated heterocycles. The largest absolute Gasteiger partial charge is 0.397 e. The fourth-order valence-electron chi connectivity index (χ4n) is 4.25. The Morgan fingerprint density at radius 3 is 1.60 bits per heavy atom. The number of hydrogen-bond donors (Lipinski definition) is 1. The summed E-state index contributed by atoms with van der Waals surface area (Å²) in [4.78, 5) is 0. The highest BCUT2D eigenvalue weighted by Gasteiger charge is 2.44. The molecule has 1 fully saturated rings. The standard InChI is InChI=1S/C23H46O6S/c1-4-7-8-9-12-15-18-21-22(29-23(5-2,6-3)28-21)19-16-13-10-11-14-17-20-27-30(24,25)26/h21-22H,4-20H2,1-3H3,(H,24,25,26)/t21-,22-/m0/s1. The summed E-state index contributed by atoms with van der Waals surface area (Å²) in [5.41, 5.74) is 0. The molecule has 0 aromatic heterocycles. The smallest absolute Gasteiger partial charge is 0.344 e. The summed E-state index contributed by atoms with van der Waals surface area (Å²) in [6, 6.07) is 0. The molecular formula is C23H46O6S. The van der Waals surface area contributed by atoms with Crippen molar-refractivity contribution >= 4 is 10.4 Å². The van der Waals surface area contributed by atoms with Gasteiger partial charge in [0.2, 0.25) is 0 Å². The van der Waals surface area contributed by atoms with Crippen LogP contribution in [-0.4, -0.2) is 37.6 Å². The van der Waals surface area contributed by atoms with Crippen LogP contribution in [0.15, 0.2) is 0 Å². The zero-order valence-electron chi connectivity index (χ0n) is 19.6. The van der Waals surface area contributed by atoms with Gasteiger partial charge in [0.25, 0.3) is 0 Å². The number of unbranched alkanes of at least 4 members (excludes halogenated alkanes) is 10. The number of ether oxygens (including phenoxy) is 2. The molecule has 0 saturated carbocycles. The highest BCUT2D eigenvalue weighted by molar-refractivity contribution is 7.80. The average Bonchev–Trinajstić information content (AvgIpc) is 3.07. The van der Waals surface area contributed by atoms with Gasteiger partial charge in [0.1, 0.15) is 0 Å². The third-order valence-electron chi connectivity index (χ3n) is 6.18. The first kappa shape index (κ1) is 27.8. The van der Waals surface area contributed by atoms with E-state index in [1.807, 2.05) is 0 Å². The summed E-state index contributed by atoms with van der Waals surface area (Å²) in [5, 5.41) is 0. The van der Waals surface area contributed by atoms with Crippen molar-refractivity contribution in [1.82, 2.24) is 0 Å². The molecule has 1 aliphatic heterocycles. The highest BCUT2D eigenvalue weighted by atomic mass is 32.3. The zero-order chi connectivity index (χ0) is 22.3. The molecule has 0 aromatic rings.